The summed E-state index contributed by atoms with van der Waals surface area (Å²) in [7, 11) is 8.09. The van der Waals surface area contributed by atoms with Crippen molar-refractivity contribution in [3.63, 3.8) is 0 Å². The van der Waals surface area contributed by atoms with Crippen LogP contribution in [0.3, 0.4) is 0 Å². The van der Waals surface area contributed by atoms with Crippen LogP contribution >= 0.6 is 11.5 Å². The molecule has 0 spiro atoms. The molecule has 3 aliphatic heterocycles. The molecule has 0 bridgehead atoms. The second kappa shape index (κ2) is 36.2. The Hall–Kier alpha value is -9.09. The fourth-order valence-corrected chi connectivity index (χ4v) is 9.40. The second-order valence-electron chi connectivity index (χ2n) is 19.0. The van der Waals surface area contributed by atoms with Crippen LogP contribution in [0.15, 0.2) is 199 Å². The molecule has 4 aromatic heterocycles. The first-order valence-corrected chi connectivity index (χ1v) is 27.5. The standard InChI is InChI=1S/C19H10N6.C15H16N4.C15H11N3.C10H5N2O.C10H5N2S.5Ir/c1-20-14-5-3-7-16(11-14)24-13-25(19-18(24)22-9-10-23-19)17-8-4-6-15(12-17)21-2;1-17(2)12-6-8-13(9-7-12)19-11-18(3)14-5-4-10-16-15(14)19;1-17-11-18(15-5-3-2-4-14(15)17)13-8-6-12(10-16)7-9-13;2*1-11-10-7-9(12-13-10)8-5-3-2-4-6-8;;;;;/h3-7,9-13H;4-8,10-11H,1-3H3;2-8,11H,1H3;2*2-5,7H;;;;;/q3*-2;2*-1;;;;;. The van der Waals surface area contributed by atoms with Gasteiger partial charge in [0.25, 0.3) is 0 Å². The van der Waals surface area contributed by atoms with Gasteiger partial charge in [0.1, 0.15) is 17.5 Å². The summed E-state index contributed by atoms with van der Waals surface area (Å²) in [5, 5.41) is 13.1. The van der Waals surface area contributed by atoms with Crippen LogP contribution < -0.4 is 34.3 Å². The van der Waals surface area contributed by atoms with Gasteiger partial charge in [-0.15, -0.1) is 125 Å². The largest absolute Gasteiger partial charge is 0.504 e. The van der Waals surface area contributed by atoms with Gasteiger partial charge in [0.2, 0.25) is 5.00 Å². The average Bonchev–Trinajstić information content (AvgIpc) is 1.66. The molecule has 0 saturated heterocycles. The van der Waals surface area contributed by atoms with E-state index in [0.29, 0.717) is 45.0 Å². The van der Waals surface area contributed by atoms with Crippen molar-refractivity contribution in [1.29, 1.82) is 5.26 Å². The molecule has 18 nitrogen and oxygen atoms in total. The van der Waals surface area contributed by atoms with Crippen molar-refractivity contribution in [1.82, 2.24) is 24.5 Å². The van der Waals surface area contributed by atoms with E-state index in [1.54, 1.807) is 73.1 Å². The van der Waals surface area contributed by atoms with E-state index in [9.17, 15) is 0 Å². The van der Waals surface area contributed by atoms with Crippen molar-refractivity contribution in [2.24, 2.45) is 0 Å². The van der Waals surface area contributed by atoms with Gasteiger partial charge in [-0.2, -0.15) is 66.7 Å². The summed E-state index contributed by atoms with van der Waals surface area (Å²) in [5.74, 6) is 2.45. The number of para-hydroxylation sites is 2. The molecular formula is C69H47Ir5N17OS-8. The molecule has 0 saturated carbocycles. The molecule has 0 aliphatic carbocycles. The molecule has 0 unspecified atom stereocenters. The van der Waals surface area contributed by atoms with Gasteiger partial charge in [-0.1, -0.05) is 53.1 Å². The van der Waals surface area contributed by atoms with Crippen LogP contribution in [0, 0.1) is 88.0 Å². The summed E-state index contributed by atoms with van der Waals surface area (Å²) >= 11 is 1.22. The first kappa shape index (κ1) is 74.6. The van der Waals surface area contributed by atoms with Crippen LogP contribution in [0.1, 0.15) is 5.56 Å². The van der Waals surface area contributed by atoms with Crippen molar-refractivity contribution < 1.29 is 105 Å². The minimum absolute atomic E-state index is 0. The van der Waals surface area contributed by atoms with Crippen molar-refractivity contribution in [3.05, 3.63) is 296 Å². The smallest absolute Gasteiger partial charge is 0.358 e. The van der Waals surface area contributed by atoms with Crippen LogP contribution in [0.25, 0.3) is 41.9 Å². The number of anilines is 11. The molecule has 24 heteroatoms. The minimum atomic E-state index is 0. The molecular weight excluding hydrogens is 2080 g/mol. The quantitative estimate of drug-likeness (QED) is 0.140. The third-order valence-electron chi connectivity index (χ3n) is 13.1. The molecule has 11 aromatic rings. The Morgan fingerprint density at radius 2 is 1.13 bits per heavy atom. The number of fused-ring (bicyclic) bond motifs is 3. The molecule has 7 aromatic carbocycles. The molecule has 0 atom stereocenters. The fraction of sp³-hybridized carbons (Fsp3) is 0.0580. The van der Waals surface area contributed by atoms with Crippen LogP contribution in [0.5, 0.6) is 0 Å². The predicted octanol–water partition coefficient (Wildman–Crippen LogP) is 16.3. The molecule has 7 heterocycles. The summed E-state index contributed by atoms with van der Waals surface area (Å²) in [6.45, 7) is 33.8. The van der Waals surface area contributed by atoms with Crippen molar-refractivity contribution in [2.75, 3.05) is 62.5 Å². The van der Waals surface area contributed by atoms with Gasteiger partial charge >= 0.3 is 5.88 Å². The maximum absolute atomic E-state index is 8.79. The number of pyridine rings is 1. The Morgan fingerprint density at radius 3 is 1.74 bits per heavy atom. The van der Waals surface area contributed by atoms with E-state index in [4.69, 9.17) is 36.1 Å². The molecule has 5 radical (unpaired) electrons. The zero-order valence-electron chi connectivity index (χ0n) is 49.3. The summed E-state index contributed by atoms with van der Waals surface area (Å²) in [6, 6.07) is 72.4. The van der Waals surface area contributed by atoms with E-state index < -0.39 is 0 Å². The first-order chi connectivity index (χ1) is 43.0. The Kier molecular flexibility index (Phi) is 29.1. The number of aromatic nitrogens is 5. The maximum atomic E-state index is 8.79. The van der Waals surface area contributed by atoms with Crippen LogP contribution in [0.2, 0.25) is 0 Å². The second-order valence-corrected chi connectivity index (χ2v) is 19.8. The fourth-order valence-electron chi connectivity index (χ4n) is 8.86. The molecule has 14 rings (SSSR count). The third kappa shape index (κ3) is 18.4. The summed E-state index contributed by atoms with van der Waals surface area (Å²) in [5.41, 5.74) is 12.9. The van der Waals surface area contributed by atoms with E-state index >= 15 is 0 Å². The zero-order chi connectivity index (χ0) is 61.4. The first-order valence-electron chi connectivity index (χ1n) is 26.7. The molecule has 0 amide bonds. The number of nitrogens with zero attached hydrogens (tertiary/aromatic N) is 17. The predicted molar refractivity (Wildman–Crippen MR) is 345 cm³/mol. The molecule has 0 N–H and O–H groups in total. The number of hydrogen-bond acceptors (Lipinski definition) is 15. The Morgan fingerprint density at radius 1 is 0.516 bits per heavy atom. The van der Waals surface area contributed by atoms with Gasteiger partial charge < -0.3 is 38.8 Å². The summed E-state index contributed by atoms with van der Waals surface area (Å²) in [4.78, 5) is 40.7. The van der Waals surface area contributed by atoms with E-state index in [2.05, 4.69) is 135 Å². The number of benzene rings is 7. The van der Waals surface area contributed by atoms with Gasteiger partial charge in [-0.3, -0.25) is 9.22 Å². The summed E-state index contributed by atoms with van der Waals surface area (Å²) in [6.07, 6.45) is 5.06. The average molecular weight is 2120 g/mol. The minimum Gasteiger partial charge on any atom is -0.504 e. The van der Waals surface area contributed by atoms with E-state index in [-0.39, 0.29) is 106 Å². The Bertz CT molecular complexity index is 4240. The van der Waals surface area contributed by atoms with Crippen molar-refractivity contribution >= 4 is 96.7 Å². The third-order valence-corrected chi connectivity index (χ3v) is 13.8. The monoisotopic (exact) mass is 2130 g/mol. The van der Waals surface area contributed by atoms with E-state index in [1.165, 1.54) is 11.5 Å². The topological polar surface area (TPSA) is 142 Å². The molecule has 93 heavy (non-hydrogen) atoms. The van der Waals surface area contributed by atoms with Gasteiger partial charge in [0.15, 0.2) is 5.69 Å². The number of nitriles is 1. The van der Waals surface area contributed by atoms with Gasteiger partial charge in [-0.25, -0.2) is 29.9 Å². The van der Waals surface area contributed by atoms with Crippen LogP contribution in [0.4, 0.5) is 85.2 Å². The number of hydrogen-bond donors (Lipinski definition) is 0. The molecule has 473 valence electrons. The van der Waals surface area contributed by atoms with Crippen LogP contribution in [-0.4, -0.2) is 52.7 Å². The Balaban J connectivity index is 0.000000212. The van der Waals surface area contributed by atoms with Crippen LogP contribution in [-0.2, 0) is 101 Å². The number of rotatable bonds is 7. The SMILES string of the molecule is CN(C)c1c[c-]c(N2[CH-]N(C)c3cccnc32)cc1.CN1[CH-]N(c2[c-]cc(C#N)cc2)c2ccccc21.[C-]#[N+]c1cc(-c2[c-]cccc2)no1.[C-]#[N+]c1cc(-c2[c-]cccc2)ns1.[C-]#[N+]c1cc[c-]c(N2[CH-]N(c3cccc([N+]#[C-])c3)c3nccnc32)c1.[Ir].[Ir].[Ir].[Ir].[Ir]. The van der Waals surface area contributed by atoms with E-state index in [0.717, 1.165) is 62.5 Å². The normalized spacial score (nSPS) is 11.3. The molecule has 3 aliphatic rings. The Labute approximate surface area is 613 Å². The summed E-state index contributed by atoms with van der Waals surface area (Å²) < 4.78 is 8.90. The maximum Gasteiger partial charge on any atom is 0.358 e. The van der Waals surface area contributed by atoms with Gasteiger partial charge in [0.05, 0.1) is 32.0 Å². The van der Waals surface area contributed by atoms with Gasteiger partial charge in [0, 0.05) is 154 Å². The molecule has 0 fully saturated rings. The van der Waals surface area contributed by atoms with Crippen molar-refractivity contribution in [2.45, 2.75) is 0 Å². The van der Waals surface area contributed by atoms with Gasteiger partial charge in [-0.05, 0) is 76.3 Å². The van der Waals surface area contributed by atoms with Crippen molar-refractivity contribution in [3.8, 4) is 28.6 Å². The van der Waals surface area contributed by atoms with E-state index in [1.807, 2.05) is 149 Å². The zero-order valence-corrected chi connectivity index (χ0v) is 62.1.